The Kier molecular flexibility index (Phi) is 13.2. The van der Waals surface area contributed by atoms with Crippen LogP contribution < -0.4 is 11.4 Å². The summed E-state index contributed by atoms with van der Waals surface area (Å²) in [6, 6.07) is 48.1. The summed E-state index contributed by atoms with van der Waals surface area (Å²) in [4.78, 5) is 34.3. The number of rotatable bonds is 18. The SMILES string of the molecule is C/C(=N\O[C@H]1[C@H](O[C@@H]2O[C@H](COCc3ccccc3)[C@@H](OCc3ccccc3)[C@H]2OCc2ccccc2)[C@@H](OCc2ccccc2)[C@H]2C[C@@H]1n1c(=O)n(C)c(=O)n12)c1ccccc1. The van der Waals surface area contributed by atoms with E-state index in [2.05, 4.69) is 5.16 Å². The number of nitrogens with zero attached hydrogens (tertiary/aromatic N) is 4. The molecule has 1 aromatic heterocycles. The lowest BCUT2D eigenvalue weighted by Gasteiger charge is -2.41. The molecular formula is C50H52N4O9. The molecular weight excluding hydrogens is 801 g/mol. The fourth-order valence-electron chi connectivity index (χ4n) is 8.79. The molecule has 0 aliphatic carbocycles. The molecule has 13 nitrogen and oxygen atoms in total. The lowest BCUT2D eigenvalue weighted by Crippen LogP contribution is -2.54. The van der Waals surface area contributed by atoms with Crippen LogP contribution >= 0.6 is 0 Å². The fraction of sp³-hybridized carbons (Fsp3) is 0.340. The highest BCUT2D eigenvalue weighted by molar-refractivity contribution is 5.98. The van der Waals surface area contributed by atoms with Crippen molar-refractivity contribution < 1.29 is 33.3 Å². The van der Waals surface area contributed by atoms with Crippen LogP contribution in [0.2, 0.25) is 0 Å². The van der Waals surface area contributed by atoms with E-state index in [4.69, 9.17) is 33.3 Å². The minimum absolute atomic E-state index is 0.181. The fourth-order valence-corrected chi connectivity index (χ4v) is 8.79. The molecule has 5 aromatic carbocycles. The minimum Gasteiger partial charge on any atom is -0.387 e. The molecule has 326 valence electrons. The summed E-state index contributed by atoms with van der Waals surface area (Å²) < 4.78 is 45.0. The third-order valence-corrected chi connectivity index (χ3v) is 12.0. The van der Waals surface area contributed by atoms with Crippen molar-refractivity contribution in [2.75, 3.05) is 6.61 Å². The normalized spacial score (nSPS) is 25.2. The first-order valence-corrected chi connectivity index (χ1v) is 21.5. The van der Waals surface area contributed by atoms with Crippen LogP contribution in [0.5, 0.6) is 0 Å². The second-order valence-electron chi connectivity index (χ2n) is 16.2. The second kappa shape index (κ2) is 19.6. The Morgan fingerprint density at radius 1 is 0.571 bits per heavy atom. The van der Waals surface area contributed by atoms with Gasteiger partial charge in [-0.05, 0) is 41.2 Å². The van der Waals surface area contributed by atoms with Crippen LogP contribution in [0.3, 0.4) is 0 Å². The highest BCUT2D eigenvalue weighted by atomic mass is 16.7. The van der Waals surface area contributed by atoms with E-state index in [0.29, 0.717) is 25.3 Å². The highest BCUT2D eigenvalue weighted by Crippen LogP contribution is 2.46. The number of benzene rings is 5. The van der Waals surface area contributed by atoms with E-state index in [1.165, 1.54) is 16.4 Å². The predicted octanol–water partition coefficient (Wildman–Crippen LogP) is 6.74. The third kappa shape index (κ3) is 9.40. The standard InChI is InChI=1S/C50H52N4O9/c1-34(39-26-16-7-17-27-39)51-63-44-41-28-40(53-49(55)52(2)50(56)54(41)53)43(58-30-36-20-10-4-11-21-36)46(44)62-48-47(60-32-38-24-14-6-15-25-38)45(59-31-37-22-12-5-13-23-37)42(61-48)33-57-29-35-18-8-3-9-19-35/h3-27,40-48H,28-33H2,1-2H3/b51-34+/t40-,41+,42-,43+,44-,45-,46-,47-,48+/m1/s1. The molecule has 1 fully saturated rings. The second-order valence-corrected chi connectivity index (χ2v) is 16.2. The average molecular weight is 853 g/mol. The van der Waals surface area contributed by atoms with Crippen molar-refractivity contribution in [3.05, 3.63) is 200 Å². The van der Waals surface area contributed by atoms with E-state index in [-0.39, 0.29) is 19.8 Å². The molecule has 3 aliphatic rings. The molecule has 0 saturated carbocycles. The van der Waals surface area contributed by atoms with Gasteiger partial charge in [-0.3, -0.25) is 0 Å². The number of ether oxygens (including phenoxy) is 6. The first-order valence-electron chi connectivity index (χ1n) is 21.5. The van der Waals surface area contributed by atoms with Crippen LogP contribution in [-0.4, -0.2) is 69.2 Å². The third-order valence-electron chi connectivity index (χ3n) is 12.0. The minimum atomic E-state index is -1.03. The Labute approximate surface area is 365 Å². The van der Waals surface area contributed by atoms with Crippen molar-refractivity contribution in [3.8, 4) is 0 Å². The summed E-state index contributed by atoms with van der Waals surface area (Å²) in [6.07, 6.45) is -5.31. The zero-order chi connectivity index (χ0) is 43.1. The maximum atomic E-state index is 13.9. The van der Waals surface area contributed by atoms with Gasteiger partial charge in [0.2, 0.25) is 0 Å². The van der Waals surface area contributed by atoms with Crippen LogP contribution in [0.1, 0.15) is 53.2 Å². The summed E-state index contributed by atoms with van der Waals surface area (Å²) in [5.41, 5.74) is 4.48. The molecule has 1 saturated heterocycles. The smallest absolute Gasteiger partial charge is 0.347 e. The summed E-state index contributed by atoms with van der Waals surface area (Å²) >= 11 is 0. The zero-order valence-electron chi connectivity index (χ0n) is 35.3. The van der Waals surface area contributed by atoms with Crippen molar-refractivity contribution >= 4 is 5.71 Å². The van der Waals surface area contributed by atoms with E-state index in [1.807, 2.05) is 159 Å². The monoisotopic (exact) mass is 852 g/mol. The van der Waals surface area contributed by atoms with Crippen LogP contribution in [0.4, 0.5) is 0 Å². The van der Waals surface area contributed by atoms with Gasteiger partial charge in [-0.25, -0.2) is 23.5 Å². The van der Waals surface area contributed by atoms with Crippen LogP contribution in [0, 0.1) is 0 Å². The molecule has 0 unspecified atom stereocenters. The average Bonchev–Trinajstić information content (AvgIpc) is 3.92. The molecule has 2 bridgehead atoms. The van der Waals surface area contributed by atoms with Gasteiger partial charge in [-0.1, -0.05) is 157 Å². The quantitative estimate of drug-likeness (QED) is 0.0683. The van der Waals surface area contributed by atoms with Crippen LogP contribution in [0.25, 0.3) is 0 Å². The lowest BCUT2D eigenvalue weighted by molar-refractivity contribution is -0.264. The molecule has 9 rings (SSSR count). The lowest BCUT2D eigenvalue weighted by atomic mass is 9.85. The zero-order valence-corrected chi connectivity index (χ0v) is 35.3. The molecule has 0 radical (unpaired) electrons. The van der Waals surface area contributed by atoms with Crippen molar-refractivity contribution in [1.82, 2.24) is 13.9 Å². The van der Waals surface area contributed by atoms with Crippen LogP contribution in [0.15, 0.2) is 166 Å². The van der Waals surface area contributed by atoms with Gasteiger partial charge >= 0.3 is 11.4 Å². The molecule has 4 heterocycles. The predicted molar refractivity (Wildman–Crippen MR) is 235 cm³/mol. The van der Waals surface area contributed by atoms with Gasteiger partial charge < -0.3 is 33.3 Å². The summed E-state index contributed by atoms with van der Waals surface area (Å²) in [6.45, 7) is 3.15. The Bertz CT molecular complexity index is 2530. The van der Waals surface area contributed by atoms with Gasteiger partial charge in [-0.2, -0.15) is 0 Å². The van der Waals surface area contributed by atoms with Gasteiger partial charge in [-0.15, -0.1) is 0 Å². The molecule has 0 N–H and O–H groups in total. The van der Waals surface area contributed by atoms with E-state index < -0.39 is 66.4 Å². The van der Waals surface area contributed by atoms with E-state index >= 15 is 0 Å². The number of hydrogen-bond acceptors (Lipinski definition) is 10. The Morgan fingerprint density at radius 2 is 1.02 bits per heavy atom. The first kappa shape index (κ1) is 42.4. The molecule has 13 heteroatoms. The van der Waals surface area contributed by atoms with Crippen molar-refractivity contribution in [1.29, 1.82) is 0 Å². The number of hydrogen-bond donors (Lipinski definition) is 0. The molecule has 6 aromatic rings. The van der Waals surface area contributed by atoms with E-state index in [0.717, 1.165) is 32.4 Å². The summed E-state index contributed by atoms with van der Waals surface area (Å²) in [7, 11) is 1.48. The number of aromatic nitrogens is 3. The highest BCUT2D eigenvalue weighted by Gasteiger charge is 2.59. The summed E-state index contributed by atoms with van der Waals surface area (Å²) in [5, 5.41) is 4.66. The van der Waals surface area contributed by atoms with Gasteiger partial charge in [0.15, 0.2) is 12.4 Å². The largest absolute Gasteiger partial charge is 0.387 e. The van der Waals surface area contributed by atoms with Crippen molar-refractivity contribution in [2.45, 2.75) is 94.8 Å². The molecule has 63 heavy (non-hydrogen) atoms. The Balaban J connectivity index is 1.09. The summed E-state index contributed by atoms with van der Waals surface area (Å²) in [5.74, 6) is 0. The topological polar surface area (TPSA) is 126 Å². The van der Waals surface area contributed by atoms with Gasteiger partial charge in [0.1, 0.15) is 30.5 Å². The number of oxime groups is 1. The van der Waals surface area contributed by atoms with Crippen molar-refractivity contribution in [3.63, 3.8) is 0 Å². The maximum Gasteiger partial charge on any atom is 0.347 e. The molecule has 0 amide bonds. The Hall–Kier alpha value is -5.93. The van der Waals surface area contributed by atoms with Gasteiger partial charge in [0.05, 0.1) is 50.8 Å². The molecule has 3 aliphatic heterocycles. The van der Waals surface area contributed by atoms with Gasteiger partial charge in [0.25, 0.3) is 0 Å². The van der Waals surface area contributed by atoms with Gasteiger partial charge in [0, 0.05) is 7.05 Å². The first-order chi connectivity index (χ1) is 30.9. The maximum absolute atomic E-state index is 13.9. The van der Waals surface area contributed by atoms with E-state index in [1.54, 1.807) is 0 Å². The molecule has 9 atom stereocenters. The van der Waals surface area contributed by atoms with Crippen LogP contribution in [-0.2, 0) is 66.7 Å². The van der Waals surface area contributed by atoms with Crippen molar-refractivity contribution in [2.24, 2.45) is 12.2 Å². The van der Waals surface area contributed by atoms with E-state index in [9.17, 15) is 9.59 Å². The molecule has 0 spiro atoms. The Morgan fingerprint density at radius 3 is 1.54 bits per heavy atom.